The van der Waals surface area contributed by atoms with Gasteiger partial charge < -0.3 is 14.1 Å². The van der Waals surface area contributed by atoms with E-state index >= 15 is 0 Å². The van der Waals surface area contributed by atoms with Gasteiger partial charge in [-0.3, -0.25) is 9.67 Å². The zero-order chi connectivity index (χ0) is 20.8. The van der Waals surface area contributed by atoms with Crippen LogP contribution in [0.2, 0.25) is 0 Å². The lowest BCUT2D eigenvalue weighted by Crippen LogP contribution is -2.24. The first kappa shape index (κ1) is 21.3. The Balaban J connectivity index is 1.67. The van der Waals surface area contributed by atoms with Crippen LogP contribution in [0.15, 0.2) is 34.7 Å². The normalized spacial score (nSPS) is 11.3. The molecule has 0 saturated carbocycles. The van der Waals surface area contributed by atoms with Crippen LogP contribution in [0.25, 0.3) is 11.6 Å². The number of nitrogens with one attached hydrogen (secondary N) is 1. The van der Waals surface area contributed by atoms with Crippen LogP contribution in [0.4, 0.5) is 0 Å². The number of aryl methyl sites for hydroxylation is 2. The summed E-state index contributed by atoms with van der Waals surface area (Å²) < 4.78 is 14.6. The first-order valence-electron chi connectivity index (χ1n) is 10.2. The Morgan fingerprint density at radius 2 is 1.97 bits per heavy atom. The maximum absolute atomic E-state index is 6.00. The summed E-state index contributed by atoms with van der Waals surface area (Å²) in [4.78, 5) is 2.40. The molecule has 0 aliphatic carbocycles. The van der Waals surface area contributed by atoms with Crippen molar-refractivity contribution in [3.05, 3.63) is 52.0 Å². The number of hydrogen-bond acceptors (Lipinski definition) is 5. The summed E-state index contributed by atoms with van der Waals surface area (Å²) in [5.74, 6) is 3.05. The van der Waals surface area contributed by atoms with Gasteiger partial charge in [0, 0.05) is 6.54 Å². The third kappa shape index (κ3) is 5.36. The zero-order valence-corrected chi connectivity index (χ0v) is 18.5. The van der Waals surface area contributed by atoms with Gasteiger partial charge in [0.2, 0.25) is 0 Å². The Bertz CT molecular complexity index is 985. The molecule has 0 unspecified atom stereocenters. The van der Waals surface area contributed by atoms with Gasteiger partial charge in [0.1, 0.15) is 18.1 Å². The minimum atomic E-state index is 0.372. The molecule has 0 fully saturated rings. The molecule has 0 aliphatic heterocycles. The second kappa shape index (κ2) is 9.89. The van der Waals surface area contributed by atoms with Crippen molar-refractivity contribution < 1.29 is 9.15 Å². The summed E-state index contributed by atoms with van der Waals surface area (Å²) >= 11 is 5.42. The van der Waals surface area contributed by atoms with E-state index in [1.54, 1.807) is 0 Å². The smallest absolute Gasteiger partial charge is 0.198 e. The third-order valence-corrected chi connectivity index (χ3v) is 5.42. The van der Waals surface area contributed by atoms with Gasteiger partial charge in [0.25, 0.3) is 0 Å². The molecular formula is C22H30N4O2S. The fourth-order valence-electron chi connectivity index (χ4n) is 3.29. The molecule has 0 saturated heterocycles. The molecule has 3 rings (SSSR count). The minimum absolute atomic E-state index is 0.372. The largest absolute Gasteiger partial charge is 0.485 e. The predicted octanol–water partition coefficient (Wildman–Crippen LogP) is 5.13. The highest BCUT2D eigenvalue weighted by Gasteiger charge is 2.14. The highest BCUT2D eigenvalue weighted by Crippen LogP contribution is 2.24. The first-order chi connectivity index (χ1) is 14.0. The second-order valence-electron chi connectivity index (χ2n) is 7.21. The van der Waals surface area contributed by atoms with Gasteiger partial charge in [-0.05, 0) is 81.4 Å². The molecule has 0 amide bonds. The molecule has 0 spiro atoms. The Morgan fingerprint density at radius 3 is 2.72 bits per heavy atom. The molecule has 1 aromatic carbocycles. The van der Waals surface area contributed by atoms with E-state index < -0.39 is 0 Å². The predicted molar refractivity (Wildman–Crippen MR) is 118 cm³/mol. The SMILES string of the molecule is CCN(CC)CCCn1c(-c2ccc(COc3cc(C)ccc3C)o2)n[nH]c1=S. The molecule has 1 N–H and O–H groups in total. The number of rotatable bonds is 10. The molecule has 7 heteroatoms. The number of ether oxygens (including phenoxy) is 1. The monoisotopic (exact) mass is 414 g/mol. The summed E-state index contributed by atoms with van der Waals surface area (Å²) in [6.45, 7) is 12.8. The number of aromatic amines is 1. The quantitative estimate of drug-likeness (QED) is 0.466. The lowest BCUT2D eigenvalue weighted by molar-refractivity contribution is 0.269. The number of nitrogens with zero attached hydrogens (tertiary/aromatic N) is 3. The molecular weight excluding hydrogens is 384 g/mol. The van der Waals surface area contributed by atoms with E-state index in [4.69, 9.17) is 21.4 Å². The van der Waals surface area contributed by atoms with Gasteiger partial charge in [-0.2, -0.15) is 5.10 Å². The van der Waals surface area contributed by atoms with Crippen LogP contribution >= 0.6 is 12.2 Å². The van der Waals surface area contributed by atoms with Crippen molar-refractivity contribution >= 4 is 12.2 Å². The number of furan rings is 1. The summed E-state index contributed by atoms with van der Waals surface area (Å²) in [6, 6.07) is 10.0. The topological polar surface area (TPSA) is 59.2 Å². The van der Waals surface area contributed by atoms with Crippen molar-refractivity contribution in [3.8, 4) is 17.3 Å². The minimum Gasteiger partial charge on any atom is -0.485 e. The zero-order valence-electron chi connectivity index (χ0n) is 17.7. The molecule has 0 atom stereocenters. The highest BCUT2D eigenvalue weighted by molar-refractivity contribution is 7.71. The van der Waals surface area contributed by atoms with Crippen molar-refractivity contribution in [1.82, 2.24) is 19.7 Å². The van der Waals surface area contributed by atoms with Gasteiger partial charge in [-0.1, -0.05) is 26.0 Å². The van der Waals surface area contributed by atoms with Crippen molar-refractivity contribution in [2.24, 2.45) is 0 Å². The molecule has 2 aromatic heterocycles. The standard InChI is InChI=1S/C22H30N4O2S/c1-5-25(6-2)12-7-13-26-21(23-24-22(26)29)19-11-10-18(28-19)15-27-20-14-16(3)8-9-17(20)4/h8-11,14H,5-7,12-13,15H2,1-4H3,(H,24,29). The lowest BCUT2D eigenvalue weighted by atomic mass is 10.1. The van der Waals surface area contributed by atoms with Crippen LogP contribution in [-0.4, -0.2) is 39.3 Å². The van der Waals surface area contributed by atoms with E-state index in [0.29, 0.717) is 17.1 Å². The molecule has 6 nitrogen and oxygen atoms in total. The lowest BCUT2D eigenvalue weighted by Gasteiger charge is -2.17. The number of hydrogen-bond donors (Lipinski definition) is 1. The van der Waals surface area contributed by atoms with Crippen LogP contribution in [-0.2, 0) is 13.2 Å². The fourth-order valence-corrected chi connectivity index (χ4v) is 3.52. The van der Waals surface area contributed by atoms with Gasteiger partial charge >= 0.3 is 0 Å². The summed E-state index contributed by atoms with van der Waals surface area (Å²) in [5.41, 5.74) is 2.28. The summed E-state index contributed by atoms with van der Waals surface area (Å²) in [6.07, 6.45) is 1.01. The molecule has 3 aromatic rings. The molecule has 29 heavy (non-hydrogen) atoms. The Morgan fingerprint density at radius 1 is 1.17 bits per heavy atom. The van der Waals surface area contributed by atoms with Crippen LogP contribution in [0.5, 0.6) is 5.75 Å². The molecule has 0 radical (unpaired) electrons. The number of benzene rings is 1. The van der Waals surface area contributed by atoms with E-state index in [9.17, 15) is 0 Å². The average molecular weight is 415 g/mol. The van der Waals surface area contributed by atoms with Crippen LogP contribution < -0.4 is 4.74 Å². The third-order valence-electron chi connectivity index (χ3n) is 5.10. The number of aromatic nitrogens is 3. The van der Waals surface area contributed by atoms with E-state index in [1.807, 2.05) is 29.7 Å². The van der Waals surface area contributed by atoms with Gasteiger partial charge in [-0.15, -0.1) is 0 Å². The summed E-state index contributed by atoms with van der Waals surface area (Å²) in [5, 5.41) is 7.27. The van der Waals surface area contributed by atoms with Crippen LogP contribution in [0, 0.1) is 18.6 Å². The first-order valence-corrected chi connectivity index (χ1v) is 10.6. The van der Waals surface area contributed by atoms with E-state index in [-0.39, 0.29) is 0 Å². The fraction of sp³-hybridized carbons (Fsp3) is 0.455. The molecule has 0 aliphatic rings. The van der Waals surface area contributed by atoms with Gasteiger partial charge in [0.05, 0.1) is 0 Å². The maximum atomic E-state index is 6.00. The van der Waals surface area contributed by atoms with Crippen molar-refractivity contribution in [3.63, 3.8) is 0 Å². The highest BCUT2D eigenvalue weighted by atomic mass is 32.1. The van der Waals surface area contributed by atoms with Crippen molar-refractivity contribution in [2.45, 2.75) is 47.3 Å². The maximum Gasteiger partial charge on any atom is 0.198 e. The van der Waals surface area contributed by atoms with E-state index in [1.165, 1.54) is 5.56 Å². The van der Waals surface area contributed by atoms with E-state index in [0.717, 1.165) is 55.5 Å². The Labute approximate surface area is 177 Å². The van der Waals surface area contributed by atoms with Gasteiger partial charge in [-0.25, -0.2) is 0 Å². The Hall–Kier alpha value is -2.38. The molecule has 2 heterocycles. The average Bonchev–Trinajstić information content (AvgIpc) is 3.32. The second-order valence-corrected chi connectivity index (χ2v) is 7.59. The van der Waals surface area contributed by atoms with Crippen LogP contribution in [0.3, 0.4) is 0 Å². The van der Waals surface area contributed by atoms with Crippen LogP contribution in [0.1, 0.15) is 37.2 Å². The van der Waals surface area contributed by atoms with Gasteiger partial charge in [0.15, 0.2) is 16.4 Å². The molecule has 156 valence electrons. The molecule has 0 bridgehead atoms. The number of H-pyrrole nitrogens is 1. The Kier molecular flexibility index (Phi) is 7.28. The van der Waals surface area contributed by atoms with Crippen molar-refractivity contribution in [1.29, 1.82) is 0 Å². The van der Waals surface area contributed by atoms with E-state index in [2.05, 4.69) is 48.0 Å². The van der Waals surface area contributed by atoms with Crippen molar-refractivity contribution in [2.75, 3.05) is 19.6 Å². The summed E-state index contributed by atoms with van der Waals surface area (Å²) in [7, 11) is 0.